The third kappa shape index (κ3) is 6.89. The minimum atomic E-state index is 0. The average Bonchev–Trinajstić information content (AvgIpc) is 2.99. The normalized spacial score (nSPS) is 11.0. The Balaban J connectivity index is 0.00000312. The molecule has 2 rings (SSSR count). The third-order valence-electron chi connectivity index (χ3n) is 3.28. The zero-order valence-electron chi connectivity index (χ0n) is 15.2. The molecule has 0 atom stereocenters. The number of ether oxygens (including phenoxy) is 1. The first kappa shape index (κ1) is 21.2. The number of nitrogens with zero attached hydrogens (tertiary/aromatic N) is 4. The highest BCUT2D eigenvalue weighted by atomic mass is 127. The summed E-state index contributed by atoms with van der Waals surface area (Å²) in [5, 5.41) is 7.05. The number of nitrogens with one attached hydrogen (secondary N) is 1. The van der Waals surface area contributed by atoms with Crippen molar-refractivity contribution >= 4 is 29.9 Å². The average molecular weight is 459 g/mol. The molecule has 0 aliphatic heterocycles. The van der Waals surface area contributed by atoms with E-state index in [1.165, 1.54) is 5.56 Å². The molecule has 1 heterocycles. The summed E-state index contributed by atoms with van der Waals surface area (Å²) in [5.74, 6) is 2.81. The van der Waals surface area contributed by atoms with Crippen molar-refractivity contribution in [1.82, 2.24) is 20.4 Å². The smallest absolute Gasteiger partial charge is 0.248 e. The standard InChI is InChI=1S/C17H25N5O2.HI/c1-5-18-17(19-11-16-20-13(3)21-24-16)22(4)12-14-7-9-15(10-8-14)23-6-2;/h7-10H,5-6,11-12H2,1-4H3,(H,18,19);1H. The molecule has 1 N–H and O–H groups in total. The number of guanidine groups is 1. The monoisotopic (exact) mass is 459 g/mol. The summed E-state index contributed by atoms with van der Waals surface area (Å²) in [6, 6.07) is 8.09. The molecule has 0 bridgehead atoms. The van der Waals surface area contributed by atoms with Crippen LogP contribution in [0.5, 0.6) is 5.75 Å². The van der Waals surface area contributed by atoms with Gasteiger partial charge in [-0.1, -0.05) is 17.3 Å². The minimum Gasteiger partial charge on any atom is -0.494 e. The van der Waals surface area contributed by atoms with E-state index >= 15 is 0 Å². The van der Waals surface area contributed by atoms with Crippen LogP contribution in [-0.4, -0.2) is 41.2 Å². The molecule has 0 saturated carbocycles. The zero-order chi connectivity index (χ0) is 17.4. The first-order valence-corrected chi connectivity index (χ1v) is 8.12. The van der Waals surface area contributed by atoms with Crippen LogP contribution in [0.15, 0.2) is 33.8 Å². The number of aliphatic imine (C=N–C) groups is 1. The van der Waals surface area contributed by atoms with Crippen LogP contribution >= 0.6 is 24.0 Å². The van der Waals surface area contributed by atoms with Gasteiger partial charge in [0.15, 0.2) is 11.8 Å². The van der Waals surface area contributed by atoms with E-state index in [-0.39, 0.29) is 24.0 Å². The summed E-state index contributed by atoms with van der Waals surface area (Å²) in [5.41, 5.74) is 1.18. The van der Waals surface area contributed by atoms with Crippen molar-refractivity contribution in [2.24, 2.45) is 4.99 Å². The Morgan fingerprint density at radius 1 is 1.28 bits per heavy atom. The molecule has 0 amide bonds. The van der Waals surface area contributed by atoms with Gasteiger partial charge in [-0.2, -0.15) is 4.98 Å². The van der Waals surface area contributed by atoms with Gasteiger partial charge in [-0.15, -0.1) is 24.0 Å². The Kier molecular flexibility index (Phi) is 9.25. The van der Waals surface area contributed by atoms with Gasteiger partial charge in [0.25, 0.3) is 0 Å². The van der Waals surface area contributed by atoms with Crippen LogP contribution in [-0.2, 0) is 13.1 Å². The Morgan fingerprint density at radius 3 is 2.56 bits per heavy atom. The number of rotatable bonds is 7. The predicted molar refractivity (Wildman–Crippen MR) is 108 cm³/mol. The van der Waals surface area contributed by atoms with Gasteiger partial charge < -0.3 is 19.5 Å². The second kappa shape index (κ2) is 10.9. The lowest BCUT2D eigenvalue weighted by Gasteiger charge is -2.22. The van der Waals surface area contributed by atoms with Crippen molar-refractivity contribution < 1.29 is 9.26 Å². The van der Waals surface area contributed by atoms with Gasteiger partial charge in [-0.25, -0.2) is 4.99 Å². The van der Waals surface area contributed by atoms with E-state index in [1.807, 2.05) is 33.0 Å². The summed E-state index contributed by atoms with van der Waals surface area (Å²) < 4.78 is 10.6. The largest absolute Gasteiger partial charge is 0.494 e. The van der Waals surface area contributed by atoms with E-state index in [2.05, 4.69) is 37.5 Å². The number of hydrogen-bond donors (Lipinski definition) is 1. The van der Waals surface area contributed by atoms with Gasteiger partial charge in [0.1, 0.15) is 12.3 Å². The fourth-order valence-corrected chi connectivity index (χ4v) is 2.22. The maximum atomic E-state index is 5.47. The van der Waals surface area contributed by atoms with Crippen LogP contribution in [0.25, 0.3) is 0 Å². The third-order valence-corrected chi connectivity index (χ3v) is 3.28. The number of aromatic nitrogens is 2. The Hall–Kier alpha value is -1.84. The Bertz CT molecular complexity index is 657. The Morgan fingerprint density at radius 2 is 2.00 bits per heavy atom. The maximum absolute atomic E-state index is 5.47. The summed E-state index contributed by atoms with van der Waals surface area (Å²) in [6.07, 6.45) is 0. The van der Waals surface area contributed by atoms with E-state index in [0.717, 1.165) is 24.8 Å². The first-order valence-electron chi connectivity index (χ1n) is 8.12. The van der Waals surface area contributed by atoms with Crippen LogP contribution in [0.3, 0.4) is 0 Å². The van der Waals surface area contributed by atoms with Crippen LogP contribution in [0, 0.1) is 6.92 Å². The van der Waals surface area contributed by atoms with Gasteiger partial charge in [0.2, 0.25) is 5.89 Å². The second-order valence-corrected chi connectivity index (χ2v) is 5.34. The molecule has 0 aliphatic carbocycles. The van der Waals surface area contributed by atoms with Crippen molar-refractivity contribution in [3.8, 4) is 5.75 Å². The molecule has 0 aliphatic rings. The molecular weight excluding hydrogens is 433 g/mol. The van der Waals surface area contributed by atoms with Crippen LogP contribution in [0.1, 0.15) is 31.1 Å². The van der Waals surface area contributed by atoms with E-state index in [9.17, 15) is 0 Å². The highest BCUT2D eigenvalue weighted by Gasteiger charge is 2.08. The van der Waals surface area contributed by atoms with Gasteiger partial charge in [-0.05, 0) is 38.5 Å². The molecule has 2 aromatic rings. The molecule has 138 valence electrons. The highest BCUT2D eigenvalue weighted by molar-refractivity contribution is 14.0. The van der Waals surface area contributed by atoms with Gasteiger partial charge in [0, 0.05) is 20.1 Å². The van der Waals surface area contributed by atoms with E-state index < -0.39 is 0 Å². The van der Waals surface area contributed by atoms with Crippen LogP contribution in [0.2, 0.25) is 0 Å². The van der Waals surface area contributed by atoms with Gasteiger partial charge in [0.05, 0.1) is 6.61 Å². The first-order chi connectivity index (χ1) is 11.6. The SMILES string of the molecule is CCNC(=NCc1nc(C)no1)N(C)Cc1ccc(OCC)cc1.I. The summed E-state index contributed by atoms with van der Waals surface area (Å²) >= 11 is 0. The second-order valence-electron chi connectivity index (χ2n) is 5.34. The van der Waals surface area contributed by atoms with Crippen molar-refractivity contribution in [1.29, 1.82) is 0 Å². The van der Waals surface area contributed by atoms with E-state index in [4.69, 9.17) is 9.26 Å². The Labute approximate surface area is 165 Å². The van der Waals surface area contributed by atoms with Crippen LogP contribution in [0.4, 0.5) is 0 Å². The molecule has 1 aromatic carbocycles. The lowest BCUT2D eigenvalue weighted by Crippen LogP contribution is -2.38. The number of benzene rings is 1. The predicted octanol–water partition coefficient (Wildman–Crippen LogP) is 2.99. The number of hydrogen-bond acceptors (Lipinski definition) is 5. The minimum absolute atomic E-state index is 0. The molecule has 0 spiro atoms. The lowest BCUT2D eigenvalue weighted by molar-refractivity contribution is 0.340. The van der Waals surface area contributed by atoms with Crippen molar-refractivity contribution in [2.45, 2.75) is 33.9 Å². The molecule has 1 aromatic heterocycles. The summed E-state index contributed by atoms with van der Waals surface area (Å²) in [6.45, 7) is 8.36. The molecule has 0 fully saturated rings. The van der Waals surface area contributed by atoms with Crippen LogP contribution < -0.4 is 10.1 Å². The molecule has 0 radical (unpaired) electrons. The fraction of sp³-hybridized carbons (Fsp3) is 0.471. The summed E-state index contributed by atoms with van der Waals surface area (Å²) in [7, 11) is 2.00. The number of aryl methyl sites for hydroxylation is 1. The topological polar surface area (TPSA) is 75.8 Å². The highest BCUT2D eigenvalue weighted by Crippen LogP contribution is 2.13. The van der Waals surface area contributed by atoms with Crippen molar-refractivity contribution in [3.05, 3.63) is 41.5 Å². The summed E-state index contributed by atoms with van der Waals surface area (Å²) in [4.78, 5) is 10.8. The zero-order valence-corrected chi connectivity index (χ0v) is 17.5. The van der Waals surface area contributed by atoms with Gasteiger partial charge in [-0.3, -0.25) is 0 Å². The molecular formula is C17H26IN5O2. The van der Waals surface area contributed by atoms with Gasteiger partial charge >= 0.3 is 0 Å². The molecule has 7 nitrogen and oxygen atoms in total. The van der Waals surface area contributed by atoms with Crippen molar-refractivity contribution in [3.63, 3.8) is 0 Å². The number of halogens is 1. The van der Waals surface area contributed by atoms with Crippen molar-refractivity contribution in [2.75, 3.05) is 20.2 Å². The molecule has 0 unspecified atom stereocenters. The van der Waals surface area contributed by atoms with E-state index in [0.29, 0.717) is 24.9 Å². The van der Waals surface area contributed by atoms with E-state index in [1.54, 1.807) is 6.92 Å². The maximum Gasteiger partial charge on any atom is 0.248 e. The lowest BCUT2D eigenvalue weighted by atomic mass is 10.2. The quantitative estimate of drug-likeness (QED) is 0.390. The molecule has 8 heteroatoms. The molecule has 0 saturated heterocycles. The molecule has 25 heavy (non-hydrogen) atoms. The fourth-order valence-electron chi connectivity index (χ4n) is 2.22.